The third-order valence-electron chi connectivity index (χ3n) is 5.67. The van der Waals surface area contributed by atoms with Crippen molar-refractivity contribution in [3.63, 3.8) is 0 Å². The molecular formula is C26H14O2. The summed E-state index contributed by atoms with van der Waals surface area (Å²) in [5, 5.41) is 9.03. The van der Waals surface area contributed by atoms with Crippen LogP contribution in [0.1, 0.15) is 20.7 Å². The van der Waals surface area contributed by atoms with Gasteiger partial charge in [0.25, 0.3) is 0 Å². The maximum Gasteiger partial charge on any atom is 0.186 e. The first-order valence-corrected chi connectivity index (χ1v) is 9.27. The maximum atomic E-state index is 12.2. The van der Waals surface area contributed by atoms with E-state index in [2.05, 4.69) is 60.7 Å². The van der Waals surface area contributed by atoms with Gasteiger partial charge >= 0.3 is 0 Å². The van der Waals surface area contributed by atoms with Crippen molar-refractivity contribution in [2.24, 2.45) is 0 Å². The first-order chi connectivity index (χ1) is 13.7. The third-order valence-corrected chi connectivity index (χ3v) is 5.67. The molecule has 0 heterocycles. The van der Waals surface area contributed by atoms with Gasteiger partial charge in [-0.2, -0.15) is 0 Å². The van der Waals surface area contributed by atoms with Crippen LogP contribution in [0.5, 0.6) is 0 Å². The van der Waals surface area contributed by atoms with E-state index in [0.29, 0.717) is 11.1 Å². The highest BCUT2D eigenvalue weighted by Crippen LogP contribution is 2.32. The Morgan fingerprint density at radius 3 is 1.11 bits per heavy atom. The summed E-state index contributed by atoms with van der Waals surface area (Å²) in [5.74, 6) is -0.219. The van der Waals surface area contributed by atoms with Crippen molar-refractivity contribution < 1.29 is 9.59 Å². The van der Waals surface area contributed by atoms with Crippen molar-refractivity contribution in [3.05, 3.63) is 96.1 Å². The molecule has 1 aliphatic carbocycles. The molecule has 1 aliphatic rings. The number of rotatable bonds is 0. The number of carbonyl (C=O) groups excluding carboxylic acids is 2. The van der Waals surface area contributed by atoms with E-state index in [0.717, 1.165) is 21.5 Å². The van der Waals surface area contributed by atoms with E-state index in [4.69, 9.17) is 0 Å². The Bertz CT molecular complexity index is 1420. The van der Waals surface area contributed by atoms with Gasteiger partial charge in [-0.25, -0.2) is 0 Å². The summed E-state index contributed by atoms with van der Waals surface area (Å²) >= 11 is 0. The van der Waals surface area contributed by atoms with Crippen LogP contribution >= 0.6 is 0 Å². The van der Waals surface area contributed by atoms with Gasteiger partial charge in [0.15, 0.2) is 11.6 Å². The molecule has 0 fully saturated rings. The third kappa shape index (κ3) is 2.15. The second-order valence-electron chi connectivity index (χ2n) is 7.40. The van der Waals surface area contributed by atoms with Crippen molar-refractivity contribution >= 4 is 54.7 Å². The molecule has 130 valence electrons. The van der Waals surface area contributed by atoms with Crippen LogP contribution in [-0.4, -0.2) is 11.6 Å². The Morgan fingerprint density at radius 2 is 0.714 bits per heavy atom. The molecule has 0 atom stereocenters. The number of allylic oxidation sites excluding steroid dienone is 2. The molecule has 5 aromatic carbocycles. The molecule has 28 heavy (non-hydrogen) atoms. The molecule has 0 aromatic heterocycles. The summed E-state index contributed by atoms with van der Waals surface area (Å²) in [6.07, 6.45) is 2.71. The minimum atomic E-state index is -0.110. The zero-order valence-corrected chi connectivity index (χ0v) is 14.9. The van der Waals surface area contributed by atoms with E-state index in [-0.39, 0.29) is 11.6 Å². The topological polar surface area (TPSA) is 34.1 Å². The molecule has 6 rings (SSSR count). The van der Waals surface area contributed by atoms with Gasteiger partial charge in [0.2, 0.25) is 0 Å². The van der Waals surface area contributed by atoms with E-state index in [1.807, 2.05) is 12.1 Å². The lowest BCUT2D eigenvalue weighted by Crippen LogP contribution is -2.11. The first-order valence-electron chi connectivity index (χ1n) is 9.27. The Balaban J connectivity index is 1.67. The fourth-order valence-electron chi connectivity index (χ4n) is 4.23. The standard InChI is InChI=1S/C26H14O2/c27-25-5-6-26(28)24-14-22-12-20-10-18-8-16-4-2-1-3-15(16)7-17(18)9-19(20)11-21(22)13-23(24)25/h1-14H. The lowest BCUT2D eigenvalue weighted by molar-refractivity contribution is 0.0994. The van der Waals surface area contributed by atoms with Gasteiger partial charge in [-0.15, -0.1) is 0 Å². The highest BCUT2D eigenvalue weighted by molar-refractivity contribution is 6.24. The zero-order valence-electron chi connectivity index (χ0n) is 14.9. The molecule has 0 N–H and O–H groups in total. The molecule has 0 unspecified atom stereocenters. The molecule has 5 aromatic rings. The number of hydrogen-bond acceptors (Lipinski definition) is 2. The average molecular weight is 358 g/mol. The minimum absolute atomic E-state index is 0.110. The zero-order chi connectivity index (χ0) is 18.8. The molecule has 2 heteroatoms. The van der Waals surface area contributed by atoms with Crippen LogP contribution in [0, 0.1) is 0 Å². The Hall–Kier alpha value is -3.78. The molecule has 2 nitrogen and oxygen atoms in total. The van der Waals surface area contributed by atoms with Crippen molar-refractivity contribution in [2.75, 3.05) is 0 Å². The fraction of sp³-hybridized carbons (Fsp3) is 0. The first kappa shape index (κ1) is 15.3. The van der Waals surface area contributed by atoms with Gasteiger partial charge in [0, 0.05) is 11.1 Å². The normalized spacial score (nSPS) is 13.7. The number of carbonyl (C=O) groups is 2. The van der Waals surface area contributed by atoms with Gasteiger partial charge in [0.1, 0.15) is 0 Å². The maximum absolute atomic E-state index is 12.2. The van der Waals surface area contributed by atoms with Crippen molar-refractivity contribution in [3.8, 4) is 0 Å². The quantitative estimate of drug-likeness (QED) is 0.307. The molecule has 0 spiro atoms. The van der Waals surface area contributed by atoms with Crippen LogP contribution in [0.2, 0.25) is 0 Å². The largest absolute Gasteiger partial charge is 0.289 e. The summed E-state index contributed by atoms with van der Waals surface area (Å²) in [6, 6.07) is 25.1. The molecule has 0 saturated heterocycles. The van der Waals surface area contributed by atoms with E-state index in [9.17, 15) is 9.59 Å². The average Bonchev–Trinajstić information content (AvgIpc) is 2.71. The Kier molecular flexibility index (Phi) is 2.93. The van der Waals surface area contributed by atoms with E-state index in [1.165, 1.54) is 33.7 Å². The van der Waals surface area contributed by atoms with Crippen LogP contribution in [0.25, 0.3) is 43.1 Å². The van der Waals surface area contributed by atoms with Crippen molar-refractivity contribution in [2.45, 2.75) is 0 Å². The van der Waals surface area contributed by atoms with Crippen molar-refractivity contribution in [1.29, 1.82) is 0 Å². The minimum Gasteiger partial charge on any atom is -0.289 e. The highest BCUT2D eigenvalue weighted by atomic mass is 16.1. The van der Waals surface area contributed by atoms with E-state index in [1.54, 1.807) is 0 Å². The summed E-state index contributed by atoms with van der Waals surface area (Å²) in [6.45, 7) is 0. The van der Waals surface area contributed by atoms with Crippen molar-refractivity contribution in [1.82, 2.24) is 0 Å². The number of benzene rings is 5. The number of fused-ring (bicyclic) bond motifs is 5. The highest BCUT2D eigenvalue weighted by Gasteiger charge is 2.19. The summed E-state index contributed by atoms with van der Waals surface area (Å²) < 4.78 is 0. The molecule has 0 aliphatic heterocycles. The SMILES string of the molecule is O=C1C=CC(=O)c2cc3cc4cc5cc6ccccc6cc5cc4cc3cc21. The Labute approximate surface area is 160 Å². The summed E-state index contributed by atoms with van der Waals surface area (Å²) in [5.41, 5.74) is 0.984. The van der Waals surface area contributed by atoms with Crippen LogP contribution in [0.15, 0.2) is 84.9 Å². The fourth-order valence-corrected chi connectivity index (χ4v) is 4.23. The monoisotopic (exact) mass is 358 g/mol. The van der Waals surface area contributed by atoms with Crippen LogP contribution in [0.3, 0.4) is 0 Å². The molecule has 0 bridgehead atoms. The van der Waals surface area contributed by atoms with E-state index < -0.39 is 0 Å². The van der Waals surface area contributed by atoms with Gasteiger partial charge in [-0.05, 0) is 104 Å². The lowest BCUT2D eigenvalue weighted by atomic mass is 9.90. The predicted octanol–water partition coefficient (Wildman–Crippen LogP) is 6.23. The molecule has 0 amide bonds. The lowest BCUT2D eigenvalue weighted by Gasteiger charge is -2.12. The van der Waals surface area contributed by atoms with Crippen LogP contribution in [0.4, 0.5) is 0 Å². The number of ketones is 2. The van der Waals surface area contributed by atoms with Crippen LogP contribution < -0.4 is 0 Å². The summed E-state index contributed by atoms with van der Waals surface area (Å²) in [4.78, 5) is 24.4. The molecular weight excluding hydrogens is 344 g/mol. The van der Waals surface area contributed by atoms with E-state index >= 15 is 0 Å². The summed E-state index contributed by atoms with van der Waals surface area (Å²) in [7, 11) is 0. The second-order valence-corrected chi connectivity index (χ2v) is 7.40. The molecule has 0 saturated carbocycles. The van der Waals surface area contributed by atoms with Gasteiger partial charge in [-0.3, -0.25) is 9.59 Å². The van der Waals surface area contributed by atoms with Gasteiger partial charge in [-0.1, -0.05) is 24.3 Å². The van der Waals surface area contributed by atoms with Crippen LogP contribution in [-0.2, 0) is 0 Å². The smallest absolute Gasteiger partial charge is 0.186 e. The molecule has 0 radical (unpaired) electrons. The number of hydrogen-bond donors (Lipinski definition) is 0. The van der Waals surface area contributed by atoms with Gasteiger partial charge in [0.05, 0.1) is 0 Å². The second kappa shape index (κ2) is 5.37. The predicted molar refractivity (Wildman–Crippen MR) is 114 cm³/mol. The van der Waals surface area contributed by atoms with Gasteiger partial charge < -0.3 is 0 Å². The Morgan fingerprint density at radius 1 is 0.393 bits per heavy atom.